The van der Waals surface area contributed by atoms with Crippen molar-refractivity contribution in [1.82, 2.24) is 41.2 Å². The number of nitrogens with two attached hydrogens (primary N) is 2. The monoisotopic (exact) mass is 728 g/mol. The van der Waals surface area contributed by atoms with Gasteiger partial charge in [0, 0.05) is 61.5 Å². The van der Waals surface area contributed by atoms with Gasteiger partial charge in [-0.05, 0) is 86.3 Å². The summed E-state index contributed by atoms with van der Waals surface area (Å²) in [6.45, 7) is 5.16. The lowest BCUT2D eigenvalue weighted by Crippen LogP contribution is -2.47. The minimum Gasteiger partial charge on any atom is -0.481 e. The second-order valence-electron chi connectivity index (χ2n) is 14.9. The zero-order valence-electron chi connectivity index (χ0n) is 30.3. The predicted molar refractivity (Wildman–Crippen MR) is 198 cm³/mol. The summed E-state index contributed by atoms with van der Waals surface area (Å²) in [5.41, 5.74) is 16.9. The lowest BCUT2D eigenvalue weighted by molar-refractivity contribution is -0.144. The fourth-order valence-corrected chi connectivity index (χ4v) is 8.37. The molecule has 4 aromatic rings. The Balaban J connectivity index is 1.11. The van der Waals surface area contributed by atoms with E-state index >= 15 is 0 Å². The van der Waals surface area contributed by atoms with E-state index in [0.717, 1.165) is 67.8 Å². The number of aromatic amines is 2. The van der Waals surface area contributed by atoms with Crippen molar-refractivity contribution in [3.63, 3.8) is 0 Å². The maximum Gasteiger partial charge on any atom is 0.307 e. The molecule has 6 rings (SSSR count). The highest BCUT2D eigenvalue weighted by Crippen LogP contribution is 2.35. The molecule has 0 bridgehead atoms. The van der Waals surface area contributed by atoms with Crippen molar-refractivity contribution in [2.45, 2.75) is 88.6 Å². The molecule has 2 aliphatic heterocycles. The third-order valence-electron chi connectivity index (χ3n) is 11.0. The van der Waals surface area contributed by atoms with Crippen LogP contribution in [0.25, 0.3) is 0 Å². The summed E-state index contributed by atoms with van der Waals surface area (Å²) in [5, 5.41) is 49.8. The van der Waals surface area contributed by atoms with Crippen molar-refractivity contribution < 1.29 is 19.8 Å². The van der Waals surface area contributed by atoms with Crippen LogP contribution >= 0.6 is 0 Å². The van der Waals surface area contributed by atoms with Gasteiger partial charge in [-0.15, -0.1) is 20.4 Å². The average Bonchev–Trinajstić information content (AvgIpc) is 3.95. The molecule has 4 heterocycles. The van der Waals surface area contributed by atoms with Gasteiger partial charge >= 0.3 is 11.9 Å². The Labute approximate surface area is 309 Å². The summed E-state index contributed by atoms with van der Waals surface area (Å²) < 4.78 is 0. The van der Waals surface area contributed by atoms with Crippen LogP contribution in [0.5, 0.6) is 0 Å². The number of H-pyrrole nitrogens is 2. The molecule has 53 heavy (non-hydrogen) atoms. The third-order valence-corrected chi connectivity index (χ3v) is 11.0. The molecule has 284 valence electrons. The van der Waals surface area contributed by atoms with Gasteiger partial charge in [-0.2, -0.15) is 10.4 Å². The van der Waals surface area contributed by atoms with Crippen molar-refractivity contribution in [3.8, 4) is 0 Å². The molecule has 2 saturated heterocycles. The van der Waals surface area contributed by atoms with Crippen LogP contribution in [0, 0.1) is 17.8 Å². The summed E-state index contributed by atoms with van der Waals surface area (Å²) in [6, 6.07) is 16.5. The van der Waals surface area contributed by atoms with Crippen molar-refractivity contribution in [2.24, 2.45) is 29.2 Å². The Kier molecular flexibility index (Phi) is 12.6. The number of hydrogen-bond acceptors (Lipinski definition) is 12. The fourth-order valence-electron chi connectivity index (χ4n) is 8.37. The molecule has 2 aromatic heterocycles. The average molecular weight is 729 g/mol. The molecule has 0 amide bonds. The Bertz CT molecular complexity index is 1760. The molecule has 16 heteroatoms. The number of rotatable bonds is 18. The zero-order valence-corrected chi connectivity index (χ0v) is 30.3. The smallest absolute Gasteiger partial charge is 0.307 e. The second kappa shape index (κ2) is 17.7. The maximum absolute atomic E-state index is 12.8. The van der Waals surface area contributed by atoms with E-state index < -0.39 is 35.6 Å². The van der Waals surface area contributed by atoms with E-state index in [1.54, 1.807) is 0 Å². The topological polar surface area (TPSA) is 242 Å². The summed E-state index contributed by atoms with van der Waals surface area (Å²) in [7, 11) is 0. The van der Waals surface area contributed by atoms with Crippen molar-refractivity contribution in [1.29, 1.82) is 0 Å². The highest BCUT2D eigenvalue weighted by atomic mass is 16.4. The normalized spacial score (nSPS) is 21.3. The molecule has 16 nitrogen and oxygen atoms in total. The van der Waals surface area contributed by atoms with E-state index in [1.807, 2.05) is 31.2 Å². The van der Waals surface area contributed by atoms with Gasteiger partial charge in [0.25, 0.3) is 0 Å². The largest absolute Gasteiger partial charge is 0.481 e. The lowest BCUT2D eigenvalue weighted by atomic mass is 9.81. The van der Waals surface area contributed by atoms with Crippen LogP contribution in [0.3, 0.4) is 0 Å². The van der Waals surface area contributed by atoms with E-state index in [2.05, 4.69) is 75.3 Å². The maximum atomic E-state index is 12.8. The number of aromatic nitrogens is 8. The first kappa shape index (κ1) is 37.8. The standard InChI is InChI=1S/C37H52N12O4/c1-2-6-30(36(50)51)32(34-40-44-45-41-34)18-24-8-4-11-29(17-24)49-20-25(15-27(39)22-49)9-5-12-31(37(52)53)33(35-42-46-47-43-35)19-23-7-3-10-28(16-23)48-14-13-26(38)21-48/h3-4,7-8,10-11,16-17,25-27,30-33H,2,5-6,9,12-15,18-22,38-39H2,1H3,(H,50,51)(H,52,53)(H,40,41,44,45)(H,42,43,46,47). The highest BCUT2D eigenvalue weighted by Gasteiger charge is 2.35. The van der Waals surface area contributed by atoms with Crippen molar-refractivity contribution >= 4 is 23.3 Å². The molecule has 0 spiro atoms. The number of anilines is 2. The summed E-state index contributed by atoms with van der Waals surface area (Å²) >= 11 is 0. The Morgan fingerprint density at radius 3 is 1.89 bits per heavy atom. The van der Waals surface area contributed by atoms with Gasteiger partial charge in [0.15, 0.2) is 11.6 Å². The van der Waals surface area contributed by atoms with Gasteiger partial charge in [-0.3, -0.25) is 9.59 Å². The van der Waals surface area contributed by atoms with Gasteiger partial charge < -0.3 is 31.5 Å². The van der Waals surface area contributed by atoms with Gasteiger partial charge in [0.2, 0.25) is 0 Å². The van der Waals surface area contributed by atoms with Gasteiger partial charge in [-0.1, -0.05) is 54.5 Å². The molecule has 2 fully saturated rings. The lowest BCUT2D eigenvalue weighted by Gasteiger charge is -2.38. The fraction of sp³-hybridized carbons (Fsp3) is 0.568. The van der Waals surface area contributed by atoms with E-state index in [0.29, 0.717) is 50.3 Å². The molecule has 8 N–H and O–H groups in total. The SMILES string of the molecule is CCCC(C(=O)O)C(Cc1cccc(N2CC(N)CC(CCCC(C(=O)O)C(Cc3cccc(N4CCC(N)C4)c3)c3nn[nH]n3)C2)c1)c1nn[nH]n1. The summed E-state index contributed by atoms with van der Waals surface area (Å²) in [4.78, 5) is 29.7. The van der Waals surface area contributed by atoms with Crippen LogP contribution in [0.2, 0.25) is 0 Å². The number of carboxylic acids is 2. The number of aliphatic carboxylic acids is 2. The molecule has 7 atom stereocenters. The zero-order chi connectivity index (χ0) is 37.3. The molecule has 2 aromatic carbocycles. The minimum atomic E-state index is -0.872. The van der Waals surface area contributed by atoms with Crippen molar-refractivity contribution in [3.05, 3.63) is 71.3 Å². The summed E-state index contributed by atoms with van der Waals surface area (Å²) in [5.74, 6) is -2.87. The number of nitrogens with zero attached hydrogens (tertiary/aromatic N) is 8. The molecular formula is C37H52N12O4. The number of nitrogens with one attached hydrogen (secondary N) is 2. The van der Waals surface area contributed by atoms with Crippen LogP contribution in [-0.4, -0.2) is 102 Å². The van der Waals surface area contributed by atoms with Crippen molar-refractivity contribution in [2.75, 3.05) is 36.0 Å². The predicted octanol–water partition coefficient (Wildman–Crippen LogP) is 3.13. The number of carboxylic acid groups (broad SMARTS) is 2. The third kappa shape index (κ3) is 9.73. The van der Waals surface area contributed by atoms with Gasteiger partial charge in [0.1, 0.15) is 0 Å². The van der Waals surface area contributed by atoms with E-state index in [1.165, 1.54) is 0 Å². The quantitative estimate of drug-likeness (QED) is 0.0863. The number of carbonyl (C=O) groups is 2. The summed E-state index contributed by atoms with van der Waals surface area (Å²) in [6.07, 6.45) is 5.98. The van der Waals surface area contributed by atoms with Gasteiger partial charge in [-0.25, -0.2) is 0 Å². The van der Waals surface area contributed by atoms with E-state index in [4.69, 9.17) is 11.5 Å². The molecular weight excluding hydrogens is 676 g/mol. The Morgan fingerprint density at radius 2 is 1.38 bits per heavy atom. The molecule has 2 aliphatic rings. The van der Waals surface area contributed by atoms with Gasteiger partial charge in [0.05, 0.1) is 11.8 Å². The second-order valence-corrected chi connectivity index (χ2v) is 14.9. The molecule has 0 saturated carbocycles. The van der Waals surface area contributed by atoms with Crippen LogP contribution < -0.4 is 21.3 Å². The molecule has 0 radical (unpaired) electrons. The number of benzene rings is 2. The van der Waals surface area contributed by atoms with Crippen LogP contribution in [0.15, 0.2) is 48.5 Å². The first-order valence-electron chi connectivity index (χ1n) is 18.8. The first-order valence-corrected chi connectivity index (χ1v) is 18.8. The minimum absolute atomic E-state index is 0.0368. The number of piperidine rings is 1. The number of hydrogen-bond donors (Lipinski definition) is 6. The Morgan fingerprint density at radius 1 is 0.811 bits per heavy atom. The van der Waals surface area contributed by atoms with Crippen LogP contribution in [-0.2, 0) is 22.4 Å². The highest BCUT2D eigenvalue weighted by molar-refractivity contribution is 5.71. The van der Waals surface area contributed by atoms with Crippen LogP contribution in [0.4, 0.5) is 11.4 Å². The van der Waals surface area contributed by atoms with Crippen LogP contribution in [0.1, 0.15) is 86.5 Å². The number of tetrazole rings is 2. The molecule has 0 aliphatic carbocycles. The van der Waals surface area contributed by atoms with E-state index in [-0.39, 0.29) is 18.0 Å². The Hall–Kier alpha value is -4.96. The van der Waals surface area contributed by atoms with E-state index in [9.17, 15) is 19.8 Å². The molecule has 7 unspecified atom stereocenters. The first-order chi connectivity index (χ1) is 25.7.